The van der Waals surface area contributed by atoms with E-state index in [4.69, 9.17) is 4.74 Å². The van der Waals surface area contributed by atoms with Crippen molar-refractivity contribution in [3.8, 4) is 0 Å². The van der Waals surface area contributed by atoms with Gasteiger partial charge in [0.05, 0.1) is 13.0 Å². The molecule has 0 unspecified atom stereocenters. The number of nitrogens with zero attached hydrogens (tertiary/aromatic N) is 1. The predicted molar refractivity (Wildman–Crippen MR) is 86.6 cm³/mol. The number of rotatable bonds is 2. The molecule has 0 saturated carbocycles. The van der Waals surface area contributed by atoms with E-state index < -0.39 is 0 Å². The number of esters is 1. The number of hydrogen-bond acceptors (Lipinski definition) is 3. The zero-order chi connectivity index (χ0) is 14.3. The van der Waals surface area contributed by atoms with Crippen LogP contribution in [0.4, 0.5) is 0 Å². The monoisotopic (exact) mass is 385 g/mol. The third-order valence-corrected chi connectivity index (χ3v) is 5.76. The van der Waals surface area contributed by atoms with E-state index >= 15 is 0 Å². The van der Waals surface area contributed by atoms with Gasteiger partial charge in [0, 0.05) is 21.6 Å². The lowest BCUT2D eigenvalue weighted by molar-refractivity contribution is -0.150. The van der Waals surface area contributed by atoms with E-state index in [9.17, 15) is 4.79 Å². The summed E-state index contributed by atoms with van der Waals surface area (Å²) in [6.45, 7) is 0. The molecular weight excluding hydrogens is 365 g/mol. The van der Waals surface area contributed by atoms with Crippen LogP contribution < -0.4 is 0 Å². The summed E-state index contributed by atoms with van der Waals surface area (Å²) in [6, 6.07) is 9.56. The Kier molecular flexibility index (Phi) is 4.04. The molecule has 2 bridgehead atoms. The summed E-state index contributed by atoms with van der Waals surface area (Å²) in [5.41, 5.74) is 1.28. The Labute approximate surface area is 133 Å². The summed E-state index contributed by atoms with van der Waals surface area (Å²) in [7, 11) is 3.66. The predicted octanol–water partition coefficient (Wildman–Crippen LogP) is 3.03. The Morgan fingerprint density at radius 1 is 1.30 bits per heavy atom. The van der Waals surface area contributed by atoms with Crippen LogP contribution in [0.3, 0.4) is 0 Å². The Balaban J connectivity index is 1.95. The molecule has 0 aliphatic carbocycles. The molecule has 4 heteroatoms. The highest BCUT2D eigenvalue weighted by Crippen LogP contribution is 2.46. The normalized spacial score (nSPS) is 33.1. The highest BCUT2D eigenvalue weighted by molar-refractivity contribution is 14.1. The minimum Gasteiger partial charge on any atom is -0.469 e. The number of piperidine rings is 1. The van der Waals surface area contributed by atoms with E-state index in [1.807, 2.05) is 0 Å². The first-order chi connectivity index (χ1) is 9.61. The van der Waals surface area contributed by atoms with Gasteiger partial charge in [0.15, 0.2) is 0 Å². The summed E-state index contributed by atoms with van der Waals surface area (Å²) >= 11 is 2.32. The summed E-state index contributed by atoms with van der Waals surface area (Å²) in [6.07, 6.45) is 3.38. The molecule has 0 N–H and O–H groups in total. The summed E-state index contributed by atoms with van der Waals surface area (Å²) in [4.78, 5) is 14.7. The lowest BCUT2D eigenvalue weighted by Crippen LogP contribution is -2.49. The third kappa shape index (κ3) is 2.37. The standard InChI is InChI=1S/C16H20INO2/c1-18-12-7-8-14(18)15(16(19)20-2)13(9-12)10-3-5-11(17)6-4-10/h3-6,12-15H,7-9H2,1-2H3/t12-,13-,14+,15+/m1/s1. The zero-order valence-corrected chi connectivity index (χ0v) is 14.0. The van der Waals surface area contributed by atoms with Crippen molar-refractivity contribution in [3.63, 3.8) is 0 Å². The highest BCUT2D eigenvalue weighted by Gasteiger charge is 2.49. The molecule has 1 aromatic rings. The quantitative estimate of drug-likeness (QED) is 0.579. The second-order valence-electron chi connectivity index (χ2n) is 5.91. The maximum Gasteiger partial charge on any atom is 0.310 e. The van der Waals surface area contributed by atoms with Crippen LogP contribution in [-0.4, -0.2) is 37.1 Å². The summed E-state index contributed by atoms with van der Waals surface area (Å²) in [5, 5.41) is 0. The van der Waals surface area contributed by atoms with Crippen molar-refractivity contribution in [2.75, 3.05) is 14.2 Å². The van der Waals surface area contributed by atoms with Gasteiger partial charge in [0.25, 0.3) is 0 Å². The van der Waals surface area contributed by atoms with Crippen LogP contribution in [0.25, 0.3) is 0 Å². The molecule has 2 aliphatic rings. The molecule has 2 aliphatic heterocycles. The third-order valence-electron chi connectivity index (χ3n) is 5.04. The van der Waals surface area contributed by atoms with Crippen LogP contribution in [0.2, 0.25) is 0 Å². The van der Waals surface area contributed by atoms with Crippen LogP contribution in [0.15, 0.2) is 24.3 Å². The molecule has 108 valence electrons. The van der Waals surface area contributed by atoms with E-state index in [-0.39, 0.29) is 11.9 Å². The van der Waals surface area contributed by atoms with Crippen molar-refractivity contribution in [2.45, 2.75) is 37.3 Å². The molecule has 0 amide bonds. The molecule has 20 heavy (non-hydrogen) atoms. The fraction of sp³-hybridized carbons (Fsp3) is 0.562. The molecule has 0 aromatic heterocycles. The van der Waals surface area contributed by atoms with E-state index in [1.54, 1.807) is 0 Å². The molecule has 2 fully saturated rings. The molecular formula is C16H20INO2. The van der Waals surface area contributed by atoms with Crippen molar-refractivity contribution in [1.29, 1.82) is 0 Å². The van der Waals surface area contributed by atoms with E-state index in [0.29, 0.717) is 18.0 Å². The SMILES string of the molecule is COC(=O)[C@H]1[C@@H](c2ccc(I)cc2)C[C@H]2CC[C@@H]1N2C. The summed E-state index contributed by atoms with van der Waals surface area (Å²) in [5.74, 6) is 0.225. The van der Waals surface area contributed by atoms with E-state index in [2.05, 4.69) is 58.8 Å². The van der Waals surface area contributed by atoms with Gasteiger partial charge in [-0.15, -0.1) is 0 Å². The number of benzene rings is 1. The lowest BCUT2D eigenvalue weighted by atomic mass is 9.76. The van der Waals surface area contributed by atoms with Gasteiger partial charge in [-0.1, -0.05) is 12.1 Å². The Bertz CT molecular complexity index is 502. The van der Waals surface area contributed by atoms with Crippen molar-refractivity contribution < 1.29 is 9.53 Å². The van der Waals surface area contributed by atoms with Crippen LogP contribution >= 0.6 is 22.6 Å². The molecule has 0 radical (unpaired) electrons. The fourth-order valence-corrected chi connectivity index (χ4v) is 4.34. The van der Waals surface area contributed by atoms with Crippen LogP contribution in [0.1, 0.15) is 30.7 Å². The summed E-state index contributed by atoms with van der Waals surface area (Å²) < 4.78 is 6.33. The van der Waals surface area contributed by atoms with Gasteiger partial charge in [-0.2, -0.15) is 0 Å². The lowest BCUT2D eigenvalue weighted by Gasteiger charge is -2.41. The van der Waals surface area contributed by atoms with Crippen LogP contribution in [-0.2, 0) is 9.53 Å². The van der Waals surface area contributed by atoms with Gasteiger partial charge in [0.2, 0.25) is 0 Å². The minimum absolute atomic E-state index is 0.0242. The van der Waals surface area contributed by atoms with Crippen LogP contribution in [0, 0.1) is 9.49 Å². The van der Waals surface area contributed by atoms with Crippen molar-refractivity contribution in [1.82, 2.24) is 4.90 Å². The van der Waals surface area contributed by atoms with E-state index in [0.717, 1.165) is 12.8 Å². The average molecular weight is 385 g/mol. The van der Waals surface area contributed by atoms with Crippen molar-refractivity contribution in [3.05, 3.63) is 33.4 Å². The number of carbonyl (C=O) groups is 1. The number of carbonyl (C=O) groups excluding carboxylic acids is 1. The van der Waals surface area contributed by atoms with Gasteiger partial charge < -0.3 is 4.74 Å². The first kappa shape index (κ1) is 14.3. The second-order valence-corrected chi connectivity index (χ2v) is 7.15. The highest BCUT2D eigenvalue weighted by atomic mass is 127. The topological polar surface area (TPSA) is 29.5 Å². The molecule has 0 spiro atoms. The zero-order valence-electron chi connectivity index (χ0n) is 11.9. The van der Waals surface area contributed by atoms with Gasteiger partial charge in [0.1, 0.15) is 0 Å². The first-order valence-corrected chi connectivity index (χ1v) is 8.25. The molecule has 2 heterocycles. The van der Waals surface area contributed by atoms with Gasteiger partial charge in [-0.25, -0.2) is 0 Å². The molecule has 1 aromatic carbocycles. The molecule has 4 atom stereocenters. The minimum atomic E-state index is -0.0502. The second kappa shape index (κ2) is 5.64. The maximum absolute atomic E-state index is 12.3. The van der Waals surface area contributed by atoms with Gasteiger partial charge in [-0.3, -0.25) is 9.69 Å². The number of hydrogen-bond donors (Lipinski definition) is 0. The Hall–Kier alpha value is -0.620. The van der Waals surface area contributed by atoms with Crippen molar-refractivity contribution >= 4 is 28.6 Å². The molecule has 2 saturated heterocycles. The van der Waals surface area contributed by atoms with Crippen LogP contribution in [0.5, 0.6) is 0 Å². The Morgan fingerprint density at radius 2 is 2.00 bits per heavy atom. The van der Waals surface area contributed by atoms with Gasteiger partial charge >= 0.3 is 5.97 Å². The largest absolute Gasteiger partial charge is 0.469 e. The fourth-order valence-electron chi connectivity index (χ4n) is 3.98. The Morgan fingerprint density at radius 3 is 2.65 bits per heavy atom. The first-order valence-electron chi connectivity index (χ1n) is 7.17. The number of ether oxygens (including phenoxy) is 1. The van der Waals surface area contributed by atoms with E-state index in [1.165, 1.54) is 22.7 Å². The molecule has 3 rings (SSSR count). The van der Waals surface area contributed by atoms with Crippen molar-refractivity contribution in [2.24, 2.45) is 5.92 Å². The number of fused-ring (bicyclic) bond motifs is 2. The number of halogens is 1. The smallest absolute Gasteiger partial charge is 0.310 e. The molecule has 3 nitrogen and oxygen atoms in total. The maximum atomic E-state index is 12.3. The van der Waals surface area contributed by atoms with Gasteiger partial charge in [-0.05, 0) is 66.6 Å². The number of methoxy groups -OCH3 is 1. The average Bonchev–Trinajstić information content (AvgIpc) is 2.70.